The van der Waals surface area contributed by atoms with Crippen LogP contribution in [-0.2, 0) is 9.59 Å². The first-order valence-corrected chi connectivity index (χ1v) is 2.42. The molecular weight excluding hydrogens is 165 g/mol. The van der Waals surface area contributed by atoms with Crippen molar-refractivity contribution in [2.24, 2.45) is 11.5 Å². The van der Waals surface area contributed by atoms with Crippen molar-refractivity contribution in [3.63, 3.8) is 0 Å². The van der Waals surface area contributed by atoms with Gasteiger partial charge in [0.2, 0.25) is 5.91 Å². The van der Waals surface area contributed by atoms with Crippen molar-refractivity contribution in [3.05, 3.63) is 0 Å². The van der Waals surface area contributed by atoms with Crippen LogP contribution in [0.3, 0.4) is 0 Å². The average molecular weight is 170 g/mol. The Labute approximate surface area is 59.3 Å². The van der Waals surface area contributed by atoms with E-state index >= 15 is 0 Å². The van der Waals surface area contributed by atoms with Gasteiger partial charge in [0.15, 0.2) is 6.04 Å². The molecule has 64 valence electrons. The summed E-state index contributed by atoms with van der Waals surface area (Å²) >= 11 is 0. The number of alkyl halides is 3. The van der Waals surface area contributed by atoms with E-state index in [2.05, 4.69) is 11.5 Å². The number of carbonyl (C=O) groups is 2. The molecule has 0 heterocycles. The van der Waals surface area contributed by atoms with Crippen molar-refractivity contribution in [3.8, 4) is 0 Å². The Balaban J connectivity index is 4.39. The van der Waals surface area contributed by atoms with Gasteiger partial charge in [-0.25, -0.2) is 0 Å². The molecule has 1 unspecified atom stereocenters. The first-order chi connectivity index (χ1) is 4.76. The summed E-state index contributed by atoms with van der Waals surface area (Å²) in [5.41, 5.74) is 8.85. The van der Waals surface area contributed by atoms with E-state index < -0.39 is 23.9 Å². The molecule has 7 heteroatoms. The zero-order chi connectivity index (χ0) is 9.23. The molecule has 0 aliphatic carbocycles. The molecule has 0 aromatic heterocycles. The molecule has 0 aromatic rings. The lowest BCUT2D eigenvalue weighted by molar-refractivity contribution is -0.173. The molecule has 0 bridgehead atoms. The van der Waals surface area contributed by atoms with Crippen molar-refractivity contribution < 1.29 is 22.8 Å². The van der Waals surface area contributed by atoms with Crippen LogP contribution in [0, 0.1) is 0 Å². The standard InChI is InChI=1S/C4H5F3N2O2/c5-4(6,7)2(10)1(8)3(9)11/h1H,8H2,(H2,9,11). The number of nitrogens with two attached hydrogens (primary N) is 2. The normalized spacial score (nSPS) is 14.2. The van der Waals surface area contributed by atoms with Gasteiger partial charge in [0.1, 0.15) is 0 Å². The van der Waals surface area contributed by atoms with E-state index in [9.17, 15) is 22.8 Å². The van der Waals surface area contributed by atoms with Crippen molar-refractivity contribution in [1.82, 2.24) is 0 Å². The fourth-order valence-corrected chi connectivity index (χ4v) is 0.306. The highest BCUT2D eigenvalue weighted by molar-refractivity contribution is 6.06. The Hall–Kier alpha value is -1.11. The molecule has 0 saturated carbocycles. The zero-order valence-electron chi connectivity index (χ0n) is 5.18. The maximum atomic E-state index is 11.4. The number of primary amides is 1. The Morgan fingerprint density at radius 3 is 1.73 bits per heavy atom. The molecule has 0 fully saturated rings. The molecule has 4 N–H and O–H groups in total. The van der Waals surface area contributed by atoms with Crippen LogP contribution >= 0.6 is 0 Å². The molecule has 0 spiro atoms. The highest BCUT2D eigenvalue weighted by Crippen LogP contribution is 2.16. The van der Waals surface area contributed by atoms with Gasteiger partial charge >= 0.3 is 6.18 Å². The molecular formula is C4H5F3N2O2. The monoisotopic (exact) mass is 170 g/mol. The maximum Gasteiger partial charge on any atom is 0.452 e. The predicted molar refractivity (Wildman–Crippen MR) is 28.2 cm³/mol. The van der Waals surface area contributed by atoms with E-state index in [0.29, 0.717) is 0 Å². The van der Waals surface area contributed by atoms with Crippen molar-refractivity contribution in [2.75, 3.05) is 0 Å². The van der Waals surface area contributed by atoms with Crippen molar-refractivity contribution >= 4 is 11.7 Å². The van der Waals surface area contributed by atoms with Crippen LogP contribution in [0.5, 0.6) is 0 Å². The average Bonchev–Trinajstić information content (AvgIpc) is 1.82. The molecule has 11 heavy (non-hydrogen) atoms. The quantitative estimate of drug-likeness (QED) is 0.517. The maximum absolute atomic E-state index is 11.4. The van der Waals surface area contributed by atoms with Crippen LogP contribution in [-0.4, -0.2) is 23.9 Å². The number of hydrogen-bond donors (Lipinski definition) is 2. The number of amides is 1. The van der Waals surface area contributed by atoms with Crippen LogP contribution in [0.4, 0.5) is 13.2 Å². The molecule has 4 nitrogen and oxygen atoms in total. The smallest absolute Gasteiger partial charge is 0.368 e. The fourth-order valence-electron chi connectivity index (χ4n) is 0.306. The van der Waals surface area contributed by atoms with Crippen LogP contribution < -0.4 is 11.5 Å². The minimum absolute atomic E-state index is 1.49. The molecule has 0 rings (SSSR count). The molecule has 1 atom stereocenters. The van der Waals surface area contributed by atoms with Gasteiger partial charge in [0, 0.05) is 0 Å². The number of ketones is 1. The second-order valence-corrected chi connectivity index (χ2v) is 1.74. The zero-order valence-corrected chi connectivity index (χ0v) is 5.18. The summed E-state index contributed by atoms with van der Waals surface area (Å²) in [6.45, 7) is 0. The summed E-state index contributed by atoms with van der Waals surface area (Å²) < 4.78 is 34.3. The lowest BCUT2D eigenvalue weighted by Crippen LogP contribution is -2.49. The summed E-state index contributed by atoms with van der Waals surface area (Å²) in [5, 5.41) is 0. The van der Waals surface area contributed by atoms with E-state index in [4.69, 9.17) is 0 Å². The molecule has 0 aromatic carbocycles. The topological polar surface area (TPSA) is 86.2 Å². The Morgan fingerprint density at radius 2 is 1.64 bits per heavy atom. The lowest BCUT2D eigenvalue weighted by Gasteiger charge is -2.08. The highest BCUT2D eigenvalue weighted by Gasteiger charge is 2.43. The Kier molecular flexibility index (Phi) is 2.58. The van der Waals surface area contributed by atoms with Crippen LogP contribution in [0.15, 0.2) is 0 Å². The third kappa shape index (κ3) is 2.54. The molecule has 0 aliphatic heterocycles. The van der Waals surface area contributed by atoms with E-state index in [-0.39, 0.29) is 0 Å². The number of hydrogen-bond acceptors (Lipinski definition) is 3. The number of halogens is 3. The minimum atomic E-state index is -5.10. The predicted octanol–water partition coefficient (Wildman–Crippen LogP) is -1.07. The number of carbonyl (C=O) groups excluding carboxylic acids is 2. The van der Waals surface area contributed by atoms with E-state index in [0.717, 1.165) is 0 Å². The number of Topliss-reactive ketones (excluding diaryl/α,β-unsaturated/α-hetero) is 1. The third-order valence-electron chi connectivity index (χ3n) is 0.868. The summed E-state index contributed by atoms with van der Waals surface area (Å²) in [6, 6.07) is -2.30. The second-order valence-electron chi connectivity index (χ2n) is 1.74. The molecule has 1 amide bonds. The Bertz CT molecular complexity index is 188. The summed E-state index contributed by atoms with van der Waals surface area (Å²) in [5.74, 6) is -3.82. The van der Waals surface area contributed by atoms with E-state index in [1.807, 2.05) is 0 Å². The summed E-state index contributed by atoms with van der Waals surface area (Å²) in [6.07, 6.45) is -5.10. The van der Waals surface area contributed by atoms with Crippen molar-refractivity contribution in [2.45, 2.75) is 12.2 Å². The van der Waals surface area contributed by atoms with Gasteiger partial charge in [-0.1, -0.05) is 0 Å². The largest absolute Gasteiger partial charge is 0.452 e. The van der Waals surface area contributed by atoms with E-state index in [1.165, 1.54) is 0 Å². The first-order valence-electron chi connectivity index (χ1n) is 2.42. The SMILES string of the molecule is NC(=O)C(N)C(=O)C(F)(F)F. The van der Waals surface area contributed by atoms with Gasteiger partial charge < -0.3 is 11.5 Å². The summed E-state index contributed by atoms with van der Waals surface area (Å²) in [7, 11) is 0. The van der Waals surface area contributed by atoms with E-state index in [1.54, 1.807) is 0 Å². The molecule has 0 saturated heterocycles. The van der Waals surface area contributed by atoms with Gasteiger partial charge in [-0.2, -0.15) is 13.2 Å². The van der Waals surface area contributed by atoms with Crippen LogP contribution in [0.25, 0.3) is 0 Å². The molecule has 0 radical (unpaired) electrons. The third-order valence-corrected chi connectivity index (χ3v) is 0.868. The van der Waals surface area contributed by atoms with Crippen molar-refractivity contribution in [1.29, 1.82) is 0 Å². The van der Waals surface area contributed by atoms with Crippen LogP contribution in [0.1, 0.15) is 0 Å². The highest BCUT2D eigenvalue weighted by atomic mass is 19.4. The molecule has 0 aliphatic rings. The minimum Gasteiger partial charge on any atom is -0.368 e. The Morgan fingerprint density at radius 1 is 1.27 bits per heavy atom. The van der Waals surface area contributed by atoms with Gasteiger partial charge in [-0.3, -0.25) is 9.59 Å². The summed E-state index contributed by atoms with van der Waals surface area (Å²) in [4.78, 5) is 20.0. The van der Waals surface area contributed by atoms with Gasteiger partial charge in [0.25, 0.3) is 5.78 Å². The van der Waals surface area contributed by atoms with Gasteiger partial charge in [0.05, 0.1) is 0 Å². The van der Waals surface area contributed by atoms with Crippen LogP contribution in [0.2, 0.25) is 0 Å². The van der Waals surface area contributed by atoms with Gasteiger partial charge in [-0.05, 0) is 0 Å². The number of rotatable bonds is 2. The fraction of sp³-hybridized carbons (Fsp3) is 0.500. The lowest BCUT2D eigenvalue weighted by atomic mass is 10.2. The second kappa shape index (κ2) is 2.87. The van der Waals surface area contributed by atoms with Gasteiger partial charge in [-0.15, -0.1) is 0 Å². The first kappa shape index (κ1) is 9.89.